The van der Waals surface area contributed by atoms with Gasteiger partial charge < -0.3 is 0 Å². The van der Waals surface area contributed by atoms with Gasteiger partial charge in [0, 0.05) is 10.3 Å². The maximum atomic E-state index is 10.4. The zero-order chi connectivity index (χ0) is 5.28. The molecule has 1 rings (SSSR count). The Morgan fingerprint density at radius 1 is 1.86 bits per heavy atom. The Bertz CT molecular complexity index is 117. The van der Waals surface area contributed by atoms with Gasteiger partial charge in [0.05, 0.1) is 0 Å². The van der Waals surface area contributed by atoms with E-state index in [1.165, 1.54) is 0 Å². The van der Waals surface area contributed by atoms with Crippen LogP contribution in [-0.2, 0) is 4.79 Å². The van der Waals surface area contributed by atoms with Gasteiger partial charge in [-0.1, -0.05) is 28.7 Å². The van der Waals surface area contributed by atoms with Crippen molar-refractivity contribution < 1.29 is 4.79 Å². The molecular weight excluding hydrogens is 203 g/mol. The highest BCUT2D eigenvalue weighted by molar-refractivity contribution is 14.1. The molecule has 0 aromatic heterocycles. The number of carbonyl (C=O) groups is 1. The molecule has 0 bridgehead atoms. The fraction of sp³-hybridized carbons (Fsp3) is 0.400. The number of carbonyl (C=O) groups excluding carboxylic acids is 1. The molecule has 0 spiro atoms. The second-order valence-corrected chi connectivity index (χ2v) is 3.15. The summed E-state index contributed by atoms with van der Waals surface area (Å²) in [4.78, 5) is 10.4. The Labute approximate surface area is 55.9 Å². The molecule has 0 N–H and O–H groups in total. The minimum Gasteiger partial charge on any atom is -0.295 e. The summed E-state index contributed by atoms with van der Waals surface area (Å²) < 4.78 is 0.463. The number of rotatable bonds is 0. The van der Waals surface area contributed by atoms with Gasteiger partial charge in [0.2, 0.25) is 0 Å². The average molecular weight is 208 g/mol. The standard InChI is InChI=1S/C5H5IO/c6-4-1-2-5(7)3-4/h1-2,4H,3H2. The van der Waals surface area contributed by atoms with E-state index in [4.69, 9.17) is 0 Å². The smallest absolute Gasteiger partial charge is 0.156 e. The van der Waals surface area contributed by atoms with E-state index in [1.54, 1.807) is 6.08 Å². The molecular formula is C5H5IO. The molecule has 0 saturated carbocycles. The van der Waals surface area contributed by atoms with Crippen molar-refractivity contribution in [1.82, 2.24) is 0 Å². The molecule has 0 saturated heterocycles. The van der Waals surface area contributed by atoms with Crippen LogP contribution in [0.15, 0.2) is 12.2 Å². The summed E-state index contributed by atoms with van der Waals surface area (Å²) in [6.07, 6.45) is 4.29. The lowest BCUT2D eigenvalue weighted by Crippen LogP contribution is -1.90. The third kappa shape index (κ3) is 1.26. The highest BCUT2D eigenvalue weighted by Gasteiger charge is 2.10. The Morgan fingerprint density at radius 3 is 2.71 bits per heavy atom. The summed E-state index contributed by atoms with van der Waals surface area (Å²) in [5, 5.41) is 0. The molecule has 0 radical (unpaired) electrons. The van der Waals surface area contributed by atoms with Gasteiger partial charge in [0.15, 0.2) is 5.78 Å². The molecule has 0 aromatic carbocycles. The predicted octanol–water partition coefficient (Wildman–Crippen LogP) is 1.32. The van der Waals surface area contributed by atoms with Crippen LogP contribution in [0.3, 0.4) is 0 Å². The normalized spacial score (nSPS) is 29.3. The van der Waals surface area contributed by atoms with Crippen molar-refractivity contribution in [1.29, 1.82) is 0 Å². The van der Waals surface area contributed by atoms with Gasteiger partial charge >= 0.3 is 0 Å². The van der Waals surface area contributed by atoms with E-state index in [9.17, 15) is 4.79 Å². The third-order valence-corrected chi connectivity index (χ3v) is 1.74. The Balaban J connectivity index is 2.58. The Morgan fingerprint density at radius 2 is 2.57 bits per heavy atom. The minimum absolute atomic E-state index is 0.263. The molecule has 1 aliphatic carbocycles. The molecule has 0 fully saturated rings. The van der Waals surface area contributed by atoms with Crippen LogP contribution in [0.2, 0.25) is 0 Å². The van der Waals surface area contributed by atoms with E-state index in [2.05, 4.69) is 22.6 Å². The SMILES string of the molecule is O=C1C=CC(I)C1. The lowest BCUT2D eigenvalue weighted by atomic mass is 10.3. The molecule has 38 valence electrons. The number of ketones is 1. The van der Waals surface area contributed by atoms with Gasteiger partial charge in [-0.25, -0.2) is 0 Å². The van der Waals surface area contributed by atoms with Gasteiger partial charge in [-0.05, 0) is 6.08 Å². The Kier molecular flexibility index (Phi) is 1.46. The maximum Gasteiger partial charge on any atom is 0.156 e. The molecule has 0 aromatic rings. The fourth-order valence-corrected chi connectivity index (χ4v) is 1.18. The molecule has 1 atom stereocenters. The molecule has 1 nitrogen and oxygen atoms in total. The number of hydrogen-bond acceptors (Lipinski definition) is 1. The van der Waals surface area contributed by atoms with Crippen LogP contribution < -0.4 is 0 Å². The fourth-order valence-electron chi connectivity index (χ4n) is 0.540. The zero-order valence-electron chi connectivity index (χ0n) is 3.73. The second kappa shape index (κ2) is 1.94. The number of allylic oxidation sites excluding steroid dienone is 2. The van der Waals surface area contributed by atoms with Crippen molar-refractivity contribution in [2.75, 3.05) is 0 Å². The van der Waals surface area contributed by atoms with Crippen molar-refractivity contribution >= 4 is 28.4 Å². The van der Waals surface area contributed by atoms with E-state index in [1.807, 2.05) is 6.08 Å². The second-order valence-electron chi connectivity index (χ2n) is 1.55. The summed E-state index contributed by atoms with van der Waals surface area (Å²) in [6, 6.07) is 0. The largest absolute Gasteiger partial charge is 0.295 e. The monoisotopic (exact) mass is 208 g/mol. The lowest BCUT2D eigenvalue weighted by molar-refractivity contribution is -0.113. The molecule has 1 unspecified atom stereocenters. The van der Waals surface area contributed by atoms with Gasteiger partial charge in [-0.3, -0.25) is 4.79 Å². The van der Waals surface area contributed by atoms with Crippen LogP contribution >= 0.6 is 22.6 Å². The van der Waals surface area contributed by atoms with E-state index in [0.29, 0.717) is 10.3 Å². The molecule has 0 aliphatic heterocycles. The zero-order valence-corrected chi connectivity index (χ0v) is 5.88. The first-order chi connectivity index (χ1) is 3.29. The number of hydrogen-bond donors (Lipinski definition) is 0. The first-order valence-electron chi connectivity index (χ1n) is 2.14. The maximum absolute atomic E-state index is 10.4. The van der Waals surface area contributed by atoms with Crippen LogP contribution in [0, 0.1) is 0 Å². The van der Waals surface area contributed by atoms with Crippen LogP contribution in [0.25, 0.3) is 0 Å². The van der Waals surface area contributed by atoms with Crippen molar-refractivity contribution in [2.24, 2.45) is 0 Å². The van der Waals surface area contributed by atoms with Crippen molar-refractivity contribution in [3.63, 3.8) is 0 Å². The minimum atomic E-state index is 0.263. The van der Waals surface area contributed by atoms with Gasteiger partial charge in [-0.2, -0.15) is 0 Å². The van der Waals surface area contributed by atoms with Crippen molar-refractivity contribution in [3.05, 3.63) is 12.2 Å². The Hall–Kier alpha value is 0.140. The van der Waals surface area contributed by atoms with Crippen molar-refractivity contribution in [3.8, 4) is 0 Å². The van der Waals surface area contributed by atoms with E-state index in [-0.39, 0.29) is 5.78 Å². The van der Waals surface area contributed by atoms with Gasteiger partial charge in [0.25, 0.3) is 0 Å². The van der Waals surface area contributed by atoms with Crippen LogP contribution in [0.1, 0.15) is 6.42 Å². The van der Waals surface area contributed by atoms with Crippen LogP contribution in [0.4, 0.5) is 0 Å². The molecule has 0 heterocycles. The summed E-state index contributed by atoms with van der Waals surface area (Å²) in [5.74, 6) is 0.263. The first kappa shape index (κ1) is 5.28. The van der Waals surface area contributed by atoms with E-state index < -0.39 is 0 Å². The summed E-state index contributed by atoms with van der Waals surface area (Å²) in [7, 11) is 0. The van der Waals surface area contributed by atoms with Crippen LogP contribution in [0.5, 0.6) is 0 Å². The average Bonchev–Trinajstić information content (AvgIpc) is 1.87. The van der Waals surface area contributed by atoms with Crippen LogP contribution in [-0.4, -0.2) is 9.71 Å². The molecule has 0 amide bonds. The topological polar surface area (TPSA) is 17.1 Å². The van der Waals surface area contributed by atoms with E-state index in [0.717, 1.165) is 0 Å². The molecule has 2 heteroatoms. The predicted molar refractivity (Wildman–Crippen MR) is 36.6 cm³/mol. The quantitative estimate of drug-likeness (QED) is 0.433. The molecule has 7 heavy (non-hydrogen) atoms. The van der Waals surface area contributed by atoms with Gasteiger partial charge in [-0.15, -0.1) is 0 Å². The molecule has 1 aliphatic rings. The van der Waals surface area contributed by atoms with Gasteiger partial charge in [0.1, 0.15) is 0 Å². The lowest BCUT2D eigenvalue weighted by Gasteiger charge is -1.86. The van der Waals surface area contributed by atoms with Crippen molar-refractivity contribution in [2.45, 2.75) is 10.3 Å². The van der Waals surface area contributed by atoms with E-state index >= 15 is 0 Å². The summed E-state index contributed by atoms with van der Waals surface area (Å²) in [5.41, 5.74) is 0. The third-order valence-electron chi connectivity index (χ3n) is 0.887. The highest BCUT2D eigenvalue weighted by atomic mass is 127. The highest BCUT2D eigenvalue weighted by Crippen LogP contribution is 2.14. The number of halogens is 1. The summed E-state index contributed by atoms with van der Waals surface area (Å²) in [6.45, 7) is 0. The first-order valence-corrected chi connectivity index (χ1v) is 3.39. The number of alkyl halides is 1. The summed E-state index contributed by atoms with van der Waals surface area (Å²) >= 11 is 2.24.